The predicted octanol–water partition coefficient (Wildman–Crippen LogP) is 1.21. The summed E-state index contributed by atoms with van der Waals surface area (Å²) in [5.74, 6) is -0.893. The van der Waals surface area contributed by atoms with Crippen molar-refractivity contribution >= 4 is 18.0 Å². The lowest BCUT2D eigenvalue weighted by Gasteiger charge is -2.25. The molecule has 0 radical (unpaired) electrons. The van der Waals surface area contributed by atoms with Crippen LogP contribution in [0, 0.1) is 5.82 Å². The van der Waals surface area contributed by atoms with Crippen molar-refractivity contribution in [3.63, 3.8) is 0 Å². The van der Waals surface area contributed by atoms with Crippen molar-refractivity contribution in [2.75, 3.05) is 19.7 Å². The molecule has 1 fully saturated rings. The van der Waals surface area contributed by atoms with Gasteiger partial charge in [-0.15, -0.1) is 0 Å². The van der Waals surface area contributed by atoms with E-state index in [1.807, 2.05) is 0 Å². The maximum absolute atomic E-state index is 13.5. The molecule has 20 heavy (non-hydrogen) atoms. The molecule has 1 aliphatic rings. The van der Waals surface area contributed by atoms with Crippen LogP contribution < -0.4 is 4.74 Å². The number of rotatable bonds is 4. The van der Waals surface area contributed by atoms with E-state index >= 15 is 0 Å². The topological polar surface area (TPSA) is 63.7 Å². The van der Waals surface area contributed by atoms with E-state index in [2.05, 4.69) is 0 Å². The van der Waals surface area contributed by atoms with Crippen molar-refractivity contribution < 1.29 is 23.5 Å². The summed E-state index contributed by atoms with van der Waals surface area (Å²) >= 11 is 0. The van der Waals surface area contributed by atoms with Gasteiger partial charge in [0.1, 0.15) is 12.1 Å². The van der Waals surface area contributed by atoms with Crippen molar-refractivity contribution in [3.05, 3.63) is 29.6 Å². The minimum atomic E-state index is -0.684. The van der Waals surface area contributed by atoms with Crippen molar-refractivity contribution in [1.29, 1.82) is 0 Å². The molecule has 0 unspecified atom stereocenters. The van der Waals surface area contributed by atoms with E-state index in [0.29, 0.717) is 32.2 Å². The van der Waals surface area contributed by atoms with E-state index < -0.39 is 5.82 Å². The van der Waals surface area contributed by atoms with Gasteiger partial charge in [0.15, 0.2) is 18.2 Å². The third-order valence-electron chi connectivity index (χ3n) is 3.12. The first kappa shape index (κ1) is 14.2. The molecule has 1 saturated heterocycles. The van der Waals surface area contributed by atoms with E-state index in [1.54, 1.807) is 0 Å². The highest BCUT2D eigenvalue weighted by atomic mass is 19.1. The highest BCUT2D eigenvalue weighted by Crippen LogP contribution is 2.18. The van der Waals surface area contributed by atoms with Gasteiger partial charge in [-0.05, 0) is 18.2 Å². The summed E-state index contributed by atoms with van der Waals surface area (Å²) in [6.07, 6.45) is 1.24. The lowest BCUT2D eigenvalue weighted by atomic mass is 10.1. The number of benzene rings is 1. The number of ether oxygens (including phenoxy) is 1. The number of carbonyl (C=O) groups is 3. The predicted molar refractivity (Wildman–Crippen MR) is 68.1 cm³/mol. The molecule has 0 bridgehead atoms. The fraction of sp³-hybridized carbons (Fsp3) is 0.357. The summed E-state index contributed by atoms with van der Waals surface area (Å²) in [5.41, 5.74) is 0.204. The Morgan fingerprint density at radius 3 is 2.65 bits per heavy atom. The lowest BCUT2D eigenvalue weighted by Crippen LogP contribution is -2.41. The van der Waals surface area contributed by atoms with E-state index in [-0.39, 0.29) is 29.6 Å². The van der Waals surface area contributed by atoms with Crippen LogP contribution in [-0.2, 0) is 9.59 Å². The monoisotopic (exact) mass is 279 g/mol. The second kappa shape index (κ2) is 6.27. The summed E-state index contributed by atoms with van der Waals surface area (Å²) in [4.78, 5) is 34.9. The van der Waals surface area contributed by atoms with Crippen molar-refractivity contribution in [2.24, 2.45) is 0 Å². The van der Waals surface area contributed by atoms with Crippen LogP contribution in [0.15, 0.2) is 18.2 Å². The first-order chi connectivity index (χ1) is 9.60. The van der Waals surface area contributed by atoms with Gasteiger partial charge >= 0.3 is 0 Å². The Bertz CT molecular complexity index is 534. The second-order valence-electron chi connectivity index (χ2n) is 4.52. The number of hydrogen-bond acceptors (Lipinski definition) is 4. The number of Topliss-reactive ketones (excluding diaryl/α,β-unsaturated/α-hetero) is 1. The van der Waals surface area contributed by atoms with Crippen LogP contribution in [0.3, 0.4) is 0 Å². The molecule has 1 aromatic rings. The smallest absolute Gasteiger partial charge is 0.260 e. The molecule has 0 spiro atoms. The molecule has 0 saturated carbocycles. The highest BCUT2D eigenvalue weighted by Gasteiger charge is 2.21. The summed E-state index contributed by atoms with van der Waals surface area (Å²) < 4.78 is 18.6. The third kappa shape index (κ3) is 3.40. The Hall–Kier alpha value is -2.24. The molecule has 0 aromatic heterocycles. The number of piperidine rings is 1. The number of ketones is 1. The van der Waals surface area contributed by atoms with Gasteiger partial charge in [0.05, 0.1) is 0 Å². The van der Waals surface area contributed by atoms with E-state index in [1.165, 1.54) is 17.0 Å². The standard InChI is InChI=1S/C14H14FNO4/c15-12-7-10(8-17)1-2-13(12)20-9-14(19)16-5-3-11(18)4-6-16/h1-2,7-8H,3-6,9H2. The van der Waals surface area contributed by atoms with Gasteiger partial charge < -0.3 is 9.64 Å². The number of aldehydes is 1. The van der Waals surface area contributed by atoms with Gasteiger partial charge in [0, 0.05) is 31.5 Å². The van der Waals surface area contributed by atoms with Gasteiger partial charge in [-0.25, -0.2) is 4.39 Å². The Kier molecular flexibility index (Phi) is 4.45. The van der Waals surface area contributed by atoms with Crippen LogP contribution in [0.25, 0.3) is 0 Å². The molecule has 6 heteroatoms. The van der Waals surface area contributed by atoms with E-state index in [4.69, 9.17) is 4.74 Å². The van der Waals surface area contributed by atoms with Crippen molar-refractivity contribution in [3.8, 4) is 5.75 Å². The third-order valence-corrected chi connectivity index (χ3v) is 3.12. The molecule has 0 N–H and O–H groups in total. The van der Waals surface area contributed by atoms with E-state index in [9.17, 15) is 18.8 Å². The molecular formula is C14H14FNO4. The minimum absolute atomic E-state index is 0.0722. The normalized spacial score (nSPS) is 15.1. The van der Waals surface area contributed by atoms with Crippen molar-refractivity contribution in [1.82, 2.24) is 4.90 Å². The first-order valence-corrected chi connectivity index (χ1v) is 6.27. The van der Waals surface area contributed by atoms with E-state index in [0.717, 1.165) is 6.07 Å². The molecule has 1 aromatic carbocycles. The zero-order valence-electron chi connectivity index (χ0n) is 10.8. The van der Waals surface area contributed by atoms with Crippen LogP contribution in [0.1, 0.15) is 23.2 Å². The Morgan fingerprint density at radius 1 is 1.35 bits per heavy atom. The Balaban J connectivity index is 1.90. The number of halogens is 1. The summed E-state index contributed by atoms with van der Waals surface area (Å²) in [6, 6.07) is 3.77. The van der Waals surface area contributed by atoms with Crippen LogP contribution in [-0.4, -0.2) is 42.6 Å². The summed E-state index contributed by atoms with van der Waals surface area (Å²) in [5, 5.41) is 0. The molecule has 2 rings (SSSR count). The molecular weight excluding hydrogens is 265 g/mol. The summed E-state index contributed by atoms with van der Waals surface area (Å²) in [6.45, 7) is 0.479. The second-order valence-corrected chi connectivity index (χ2v) is 4.52. The molecule has 0 aliphatic carbocycles. The fourth-order valence-corrected chi connectivity index (χ4v) is 1.94. The van der Waals surface area contributed by atoms with Gasteiger partial charge in [-0.3, -0.25) is 14.4 Å². The number of hydrogen-bond donors (Lipinski definition) is 0. The van der Waals surface area contributed by atoms with Gasteiger partial charge in [0.25, 0.3) is 5.91 Å². The lowest BCUT2D eigenvalue weighted by molar-refractivity contribution is -0.136. The highest BCUT2D eigenvalue weighted by molar-refractivity contribution is 5.84. The van der Waals surface area contributed by atoms with Crippen LogP contribution in [0.2, 0.25) is 0 Å². The number of amides is 1. The van der Waals surface area contributed by atoms with Gasteiger partial charge in [-0.1, -0.05) is 0 Å². The Labute approximate surface area is 115 Å². The van der Waals surface area contributed by atoms with Crippen LogP contribution >= 0.6 is 0 Å². The Morgan fingerprint density at radius 2 is 2.05 bits per heavy atom. The van der Waals surface area contributed by atoms with Crippen LogP contribution in [0.4, 0.5) is 4.39 Å². The number of nitrogens with zero attached hydrogens (tertiary/aromatic N) is 1. The average molecular weight is 279 g/mol. The van der Waals surface area contributed by atoms with Gasteiger partial charge in [-0.2, -0.15) is 0 Å². The molecule has 106 valence electrons. The largest absolute Gasteiger partial charge is 0.481 e. The molecule has 5 nitrogen and oxygen atoms in total. The number of likely N-dealkylation sites (tertiary alicyclic amines) is 1. The zero-order chi connectivity index (χ0) is 14.5. The maximum Gasteiger partial charge on any atom is 0.260 e. The molecule has 0 atom stereocenters. The number of carbonyl (C=O) groups excluding carboxylic acids is 3. The average Bonchev–Trinajstić information content (AvgIpc) is 2.46. The summed E-state index contributed by atoms with van der Waals surface area (Å²) in [7, 11) is 0. The maximum atomic E-state index is 13.5. The van der Waals surface area contributed by atoms with Crippen LogP contribution in [0.5, 0.6) is 5.75 Å². The molecule has 1 heterocycles. The fourth-order valence-electron chi connectivity index (χ4n) is 1.94. The minimum Gasteiger partial charge on any atom is -0.481 e. The quantitative estimate of drug-likeness (QED) is 0.777. The SMILES string of the molecule is O=Cc1ccc(OCC(=O)N2CCC(=O)CC2)c(F)c1. The zero-order valence-corrected chi connectivity index (χ0v) is 10.8. The van der Waals surface area contributed by atoms with Crippen molar-refractivity contribution in [2.45, 2.75) is 12.8 Å². The first-order valence-electron chi connectivity index (χ1n) is 6.27. The molecule has 1 amide bonds. The molecule has 1 aliphatic heterocycles. The van der Waals surface area contributed by atoms with Gasteiger partial charge in [0.2, 0.25) is 0 Å².